The average Bonchev–Trinajstić information content (AvgIpc) is 3.03. The lowest BCUT2D eigenvalue weighted by atomic mass is 9.97. The van der Waals surface area contributed by atoms with E-state index in [1.807, 2.05) is 0 Å². The third-order valence-corrected chi connectivity index (χ3v) is 6.00. The second-order valence-electron chi connectivity index (χ2n) is 7.67. The number of nitrogens with one attached hydrogen (secondary N) is 1. The first kappa shape index (κ1) is 26.9. The van der Waals surface area contributed by atoms with Gasteiger partial charge in [0.15, 0.2) is 29.3 Å². The van der Waals surface area contributed by atoms with Gasteiger partial charge in [0.1, 0.15) is 12.7 Å². The van der Waals surface area contributed by atoms with Crippen molar-refractivity contribution in [3.05, 3.63) is 26.9 Å². The molecule has 0 radical (unpaired) electrons. The Kier molecular flexibility index (Phi) is 8.42. The van der Waals surface area contributed by atoms with Crippen LogP contribution in [0.4, 0.5) is 0 Å². The molecule has 0 aliphatic carbocycles. The molecule has 0 spiro atoms. The van der Waals surface area contributed by atoms with Crippen LogP contribution in [-0.4, -0.2) is 64.5 Å². The molecule has 2 aromatic rings. The van der Waals surface area contributed by atoms with Gasteiger partial charge in [-0.1, -0.05) is 23.2 Å². The minimum Gasteiger partial charge on any atom is -0.463 e. The molecule has 190 valence electrons. The molecule has 11 nitrogen and oxygen atoms in total. The van der Waals surface area contributed by atoms with Crippen molar-refractivity contribution in [2.45, 2.75) is 58.3 Å². The van der Waals surface area contributed by atoms with E-state index in [2.05, 4.69) is 4.98 Å². The van der Waals surface area contributed by atoms with Crippen LogP contribution >= 0.6 is 35.4 Å². The Morgan fingerprint density at radius 1 is 0.914 bits per heavy atom. The van der Waals surface area contributed by atoms with E-state index in [4.69, 9.17) is 59.1 Å². The minimum absolute atomic E-state index is 0.138. The number of nitrogens with zero attached hydrogens (tertiary/aromatic N) is 1. The lowest BCUT2D eigenvalue weighted by molar-refractivity contribution is -0.268. The Labute approximate surface area is 214 Å². The summed E-state index contributed by atoms with van der Waals surface area (Å²) in [6.45, 7) is 4.26. The van der Waals surface area contributed by atoms with Gasteiger partial charge in [0, 0.05) is 27.7 Å². The Balaban J connectivity index is 2.21. The molecular formula is C21H22Cl2N2O9S. The lowest BCUT2D eigenvalue weighted by Crippen LogP contribution is -2.60. The first-order chi connectivity index (χ1) is 16.4. The molecule has 5 atom stereocenters. The van der Waals surface area contributed by atoms with Gasteiger partial charge in [-0.3, -0.25) is 23.7 Å². The Bertz CT molecular complexity index is 1230. The summed E-state index contributed by atoms with van der Waals surface area (Å²) in [6.07, 6.45) is -6.29. The van der Waals surface area contributed by atoms with E-state index in [9.17, 15) is 19.2 Å². The number of fused-ring (bicyclic) bond motifs is 1. The summed E-state index contributed by atoms with van der Waals surface area (Å²) in [5, 5.41) is 0.483. The molecule has 0 bridgehead atoms. The molecule has 0 saturated carbocycles. The summed E-state index contributed by atoms with van der Waals surface area (Å²) < 4.78 is 29.2. The number of imidazole rings is 1. The van der Waals surface area contributed by atoms with Crippen LogP contribution in [0.15, 0.2) is 12.1 Å². The van der Waals surface area contributed by atoms with Crippen molar-refractivity contribution in [2.24, 2.45) is 0 Å². The van der Waals surface area contributed by atoms with Crippen LogP contribution in [0.3, 0.4) is 0 Å². The van der Waals surface area contributed by atoms with Gasteiger partial charge >= 0.3 is 23.9 Å². The number of halogens is 2. The lowest BCUT2D eigenvalue weighted by Gasteiger charge is -2.44. The number of aromatic nitrogens is 2. The number of rotatable bonds is 6. The summed E-state index contributed by atoms with van der Waals surface area (Å²) in [6, 6.07) is 3.08. The molecule has 14 heteroatoms. The van der Waals surface area contributed by atoms with Crippen molar-refractivity contribution in [1.29, 1.82) is 0 Å². The SMILES string of the molecule is CC(=O)OC[C@H]1O[C@@H](n2c(=S)[nH]c3cc(Cl)c(Cl)cc32)[C@H](OC(C)=O)[C@@H](OC(C)=O)[C@@H]1OC(C)=O. The normalized spacial score (nSPS) is 24.0. The maximum atomic E-state index is 12.1. The highest BCUT2D eigenvalue weighted by Crippen LogP contribution is 2.38. The third-order valence-electron chi connectivity index (χ3n) is 4.98. The molecule has 1 saturated heterocycles. The minimum atomic E-state index is -1.34. The highest BCUT2D eigenvalue weighted by molar-refractivity contribution is 7.71. The largest absolute Gasteiger partial charge is 0.463 e. The van der Waals surface area contributed by atoms with Crippen molar-refractivity contribution >= 4 is 70.3 Å². The predicted octanol–water partition coefficient (Wildman–Crippen LogP) is 3.26. The number of H-pyrrole nitrogens is 1. The molecule has 1 aromatic carbocycles. The molecule has 1 aromatic heterocycles. The molecule has 0 amide bonds. The van der Waals surface area contributed by atoms with Crippen LogP contribution in [0.1, 0.15) is 33.9 Å². The molecule has 0 unspecified atom stereocenters. The number of benzene rings is 1. The van der Waals surface area contributed by atoms with E-state index >= 15 is 0 Å². The number of carbonyl (C=O) groups is 4. The zero-order valence-corrected chi connectivity index (χ0v) is 21.4. The highest BCUT2D eigenvalue weighted by atomic mass is 35.5. The van der Waals surface area contributed by atoms with E-state index in [1.54, 1.807) is 6.07 Å². The average molecular weight is 549 g/mol. The zero-order chi connectivity index (χ0) is 26.0. The van der Waals surface area contributed by atoms with E-state index in [0.29, 0.717) is 11.0 Å². The van der Waals surface area contributed by atoms with Crippen LogP contribution in [0.2, 0.25) is 10.0 Å². The monoisotopic (exact) mass is 548 g/mol. The highest BCUT2D eigenvalue weighted by Gasteiger charge is 2.53. The van der Waals surface area contributed by atoms with Crippen molar-refractivity contribution in [2.75, 3.05) is 6.61 Å². The number of aromatic amines is 1. The second-order valence-corrected chi connectivity index (χ2v) is 8.87. The van der Waals surface area contributed by atoms with Crippen molar-refractivity contribution < 1.29 is 42.9 Å². The van der Waals surface area contributed by atoms with Crippen LogP contribution in [0, 0.1) is 4.77 Å². The van der Waals surface area contributed by atoms with E-state index in [1.165, 1.54) is 17.6 Å². The van der Waals surface area contributed by atoms with E-state index in [0.717, 1.165) is 20.8 Å². The van der Waals surface area contributed by atoms with Gasteiger partial charge in [-0.05, 0) is 24.4 Å². The maximum absolute atomic E-state index is 12.1. The number of hydrogen-bond acceptors (Lipinski definition) is 10. The van der Waals surface area contributed by atoms with Gasteiger partial charge in [0.05, 0.1) is 21.1 Å². The molecule has 1 aliphatic heterocycles. The molecule has 1 N–H and O–H groups in total. The second kappa shape index (κ2) is 10.9. The van der Waals surface area contributed by atoms with E-state index in [-0.39, 0.29) is 21.4 Å². The Hall–Kier alpha value is -2.67. The molecular weight excluding hydrogens is 527 g/mol. The summed E-state index contributed by atoms with van der Waals surface area (Å²) >= 11 is 17.8. The van der Waals surface area contributed by atoms with Gasteiger partial charge in [-0.2, -0.15) is 0 Å². The fraction of sp³-hybridized carbons (Fsp3) is 0.476. The van der Waals surface area contributed by atoms with Gasteiger partial charge in [0.2, 0.25) is 0 Å². The van der Waals surface area contributed by atoms with Crippen LogP contribution < -0.4 is 0 Å². The number of ether oxygens (including phenoxy) is 5. The Morgan fingerprint density at radius 2 is 1.46 bits per heavy atom. The number of hydrogen-bond donors (Lipinski definition) is 1. The van der Waals surface area contributed by atoms with Gasteiger partial charge in [-0.25, -0.2) is 0 Å². The quantitative estimate of drug-likeness (QED) is 0.325. The first-order valence-corrected chi connectivity index (χ1v) is 11.4. The smallest absolute Gasteiger partial charge is 0.303 e. The molecule has 1 fully saturated rings. The van der Waals surface area contributed by atoms with Crippen LogP contribution in [0.5, 0.6) is 0 Å². The summed E-state index contributed by atoms with van der Waals surface area (Å²) in [5.41, 5.74) is 0.933. The number of esters is 4. The number of carbonyl (C=O) groups excluding carboxylic acids is 4. The van der Waals surface area contributed by atoms with Crippen molar-refractivity contribution in [3.63, 3.8) is 0 Å². The fourth-order valence-corrected chi connectivity index (χ4v) is 4.42. The zero-order valence-electron chi connectivity index (χ0n) is 19.0. The summed E-state index contributed by atoms with van der Waals surface area (Å²) in [7, 11) is 0. The molecule has 35 heavy (non-hydrogen) atoms. The molecule has 1 aliphatic rings. The predicted molar refractivity (Wildman–Crippen MR) is 124 cm³/mol. The Morgan fingerprint density at radius 3 is 2.03 bits per heavy atom. The van der Waals surface area contributed by atoms with Gasteiger partial charge in [-0.15, -0.1) is 0 Å². The molecule has 2 heterocycles. The fourth-order valence-electron chi connectivity index (χ4n) is 3.79. The van der Waals surface area contributed by atoms with Crippen molar-refractivity contribution in [3.8, 4) is 0 Å². The van der Waals surface area contributed by atoms with Gasteiger partial charge < -0.3 is 28.7 Å². The third kappa shape index (κ3) is 6.13. The van der Waals surface area contributed by atoms with Crippen molar-refractivity contribution in [1.82, 2.24) is 9.55 Å². The summed E-state index contributed by atoms with van der Waals surface area (Å²) in [4.78, 5) is 50.4. The van der Waals surface area contributed by atoms with E-state index < -0.39 is 54.5 Å². The molecule has 3 rings (SSSR count). The van der Waals surface area contributed by atoms with Gasteiger partial charge in [0.25, 0.3) is 0 Å². The maximum Gasteiger partial charge on any atom is 0.303 e. The summed E-state index contributed by atoms with van der Waals surface area (Å²) in [5.74, 6) is -2.82. The first-order valence-electron chi connectivity index (χ1n) is 10.3. The standard InChI is InChI=1S/C21H22Cl2N2O9S/c1-8(26)30-7-16-17(31-9(2)27)18(32-10(3)28)19(33-11(4)29)20(34-16)25-15-6-13(23)12(22)5-14(15)24-21(25)35/h5-6,16-20H,7H2,1-4H3,(H,24,35)/t16-,17-,18+,19-,20-/m1/s1. The van der Waals surface area contributed by atoms with Crippen LogP contribution in [0.25, 0.3) is 11.0 Å². The topological polar surface area (TPSA) is 135 Å². The van der Waals surface area contributed by atoms with Crippen LogP contribution in [-0.2, 0) is 42.9 Å².